The van der Waals surface area contributed by atoms with Crippen LogP contribution in [0.3, 0.4) is 0 Å². The summed E-state index contributed by atoms with van der Waals surface area (Å²) < 4.78 is 12.6. The van der Waals surface area contributed by atoms with E-state index in [1.165, 1.54) is 18.2 Å². The van der Waals surface area contributed by atoms with Crippen LogP contribution in [0.2, 0.25) is 5.02 Å². The Kier molecular flexibility index (Phi) is 7.97. The fourth-order valence-electron chi connectivity index (χ4n) is 0.780. The fourth-order valence-corrected chi connectivity index (χ4v) is 1.03. The molecular formula is C10H9Cl2FN2O2. The maximum absolute atomic E-state index is 12.6. The first-order chi connectivity index (χ1) is 8.04. The Morgan fingerprint density at radius 1 is 1.53 bits per heavy atom. The van der Waals surface area contributed by atoms with E-state index in [4.69, 9.17) is 32.8 Å². The summed E-state index contributed by atoms with van der Waals surface area (Å²) in [6.07, 6.45) is 0.882. The molecule has 0 fully saturated rings. The van der Waals surface area contributed by atoms with Crippen molar-refractivity contribution in [2.75, 3.05) is 5.43 Å². The number of halogens is 3. The van der Waals surface area contributed by atoms with E-state index in [0.29, 0.717) is 17.3 Å². The third kappa shape index (κ3) is 6.68. The summed E-state index contributed by atoms with van der Waals surface area (Å²) >= 11 is 11.4. The lowest BCUT2D eigenvalue weighted by molar-refractivity contribution is -0.191. The number of benzene rings is 1. The molecule has 0 radical (unpaired) electrons. The van der Waals surface area contributed by atoms with E-state index in [1.807, 2.05) is 6.92 Å². The average Bonchev–Trinajstić information content (AvgIpc) is 2.28. The van der Waals surface area contributed by atoms with E-state index in [9.17, 15) is 4.39 Å². The molecular weight excluding hydrogens is 270 g/mol. The quantitative estimate of drug-likeness (QED) is 0.682. The molecule has 0 saturated heterocycles. The van der Waals surface area contributed by atoms with Crippen molar-refractivity contribution >= 4 is 40.2 Å². The second kappa shape index (κ2) is 8.70. The summed E-state index contributed by atoms with van der Waals surface area (Å²) in [5.41, 5.74) is 3.18. The van der Waals surface area contributed by atoms with Gasteiger partial charge in [-0.2, -0.15) is 14.7 Å². The van der Waals surface area contributed by atoms with Gasteiger partial charge in [-0.25, -0.2) is 4.39 Å². The number of carbonyl (C=O) groups excluding carboxylic acids is 2. The maximum Gasteiger partial charge on any atom is 0.373 e. The number of anilines is 1. The number of nitrogens with zero attached hydrogens (tertiary/aromatic N) is 1. The molecule has 0 amide bonds. The van der Waals surface area contributed by atoms with Crippen molar-refractivity contribution in [2.24, 2.45) is 5.10 Å². The molecule has 1 aromatic carbocycles. The van der Waals surface area contributed by atoms with Gasteiger partial charge in [-0.05, 0) is 24.6 Å². The first-order valence-electron chi connectivity index (χ1n) is 4.47. The second-order valence-corrected chi connectivity index (χ2v) is 3.50. The van der Waals surface area contributed by atoms with Gasteiger partial charge in [-0.1, -0.05) is 30.1 Å². The molecule has 0 heterocycles. The van der Waals surface area contributed by atoms with Gasteiger partial charge in [0.2, 0.25) is 0 Å². The van der Waals surface area contributed by atoms with Crippen molar-refractivity contribution in [1.82, 2.24) is 0 Å². The van der Waals surface area contributed by atoms with E-state index >= 15 is 0 Å². The fraction of sp³-hybridized carbons (Fsp3) is 0.200. The molecule has 17 heavy (non-hydrogen) atoms. The smallest absolute Gasteiger partial charge is 0.276 e. The van der Waals surface area contributed by atoms with Gasteiger partial charge in [0.1, 0.15) is 11.0 Å². The van der Waals surface area contributed by atoms with E-state index in [1.54, 1.807) is 0 Å². The molecule has 7 heteroatoms. The number of nitrogens with one attached hydrogen (secondary N) is 1. The van der Waals surface area contributed by atoms with Gasteiger partial charge in [-0.15, -0.1) is 0 Å². The van der Waals surface area contributed by atoms with E-state index in [2.05, 4.69) is 10.5 Å². The zero-order chi connectivity index (χ0) is 13.3. The molecule has 0 aliphatic heterocycles. The van der Waals surface area contributed by atoms with Crippen molar-refractivity contribution in [1.29, 1.82) is 0 Å². The monoisotopic (exact) mass is 278 g/mol. The van der Waals surface area contributed by atoms with E-state index in [-0.39, 0.29) is 17.0 Å². The first kappa shape index (κ1) is 15.6. The van der Waals surface area contributed by atoms with E-state index in [0.717, 1.165) is 0 Å². The standard InChI is InChI=1S/C9H9Cl2FN2.CO2/c1-2-9(11)14-13-8-4-3-6(12)5-7(8)10;2-1-3/h3-5,13H,2H2,1H3;. The zero-order valence-electron chi connectivity index (χ0n) is 8.84. The average molecular weight is 279 g/mol. The van der Waals surface area contributed by atoms with Gasteiger partial charge in [0.25, 0.3) is 0 Å². The van der Waals surface area contributed by atoms with Crippen LogP contribution in [0.25, 0.3) is 0 Å². The van der Waals surface area contributed by atoms with Crippen LogP contribution in [0.5, 0.6) is 0 Å². The molecule has 0 aliphatic rings. The lowest BCUT2D eigenvalue weighted by atomic mass is 10.3. The third-order valence-corrected chi connectivity index (χ3v) is 2.19. The summed E-state index contributed by atoms with van der Waals surface area (Å²) in [6, 6.07) is 4.00. The number of hydrazone groups is 1. The predicted octanol–water partition coefficient (Wildman–Crippen LogP) is 3.27. The number of hydrogen-bond acceptors (Lipinski definition) is 4. The molecule has 0 aliphatic carbocycles. The maximum atomic E-state index is 12.6. The summed E-state index contributed by atoms with van der Waals surface area (Å²) in [7, 11) is 0. The van der Waals surface area contributed by atoms with Crippen LogP contribution in [0.1, 0.15) is 13.3 Å². The molecule has 0 aromatic heterocycles. The van der Waals surface area contributed by atoms with Crippen LogP contribution in [0, 0.1) is 5.82 Å². The van der Waals surface area contributed by atoms with Crippen LogP contribution >= 0.6 is 23.2 Å². The van der Waals surface area contributed by atoms with Gasteiger partial charge in [0.15, 0.2) is 0 Å². The number of hydrogen-bond donors (Lipinski definition) is 1. The molecule has 0 bridgehead atoms. The van der Waals surface area contributed by atoms with Crippen LogP contribution in [0.15, 0.2) is 23.3 Å². The van der Waals surface area contributed by atoms with Gasteiger partial charge in [0.05, 0.1) is 10.7 Å². The predicted molar refractivity (Wildman–Crippen MR) is 63.6 cm³/mol. The van der Waals surface area contributed by atoms with E-state index < -0.39 is 0 Å². The topological polar surface area (TPSA) is 58.5 Å². The van der Waals surface area contributed by atoms with Crippen LogP contribution in [-0.4, -0.2) is 11.3 Å². The highest BCUT2D eigenvalue weighted by Gasteiger charge is 2.00. The minimum absolute atomic E-state index is 0.250. The highest BCUT2D eigenvalue weighted by Crippen LogP contribution is 2.22. The zero-order valence-corrected chi connectivity index (χ0v) is 10.3. The Bertz CT molecular complexity index is 432. The highest BCUT2D eigenvalue weighted by atomic mass is 35.5. The largest absolute Gasteiger partial charge is 0.373 e. The van der Waals surface area contributed by atoms with Crippen LogP contribution in [0.4, 0.5) is 10.1 Å². The molecule has 0 atom stereocenters. The Morgan fingerprint density at radius 3 is 2.59 bits per heavy atom. The minimum atomic E-state index is -0.383. The molecule has 1 rings (SSSR count). The SMILES string of the molecule is CCC(Cl)=NNc1ccc(F)cc1Cl.O=C=O. The lowest BCUT2D eigenvalue weighted by Gasteiger charge is -2.03. The van der Waals surface area contributed by atoms with Gasteiger partial charge in [0, 0.05) is 0 Å². The number of rotatable bonds is 3. The Hall–Kier alpha value is -1.42. The van der Waals surface area contributed by atoms with Crippen molar-refractivity contribution in [3.8, 4) is 0 Å². The summed E-state index contributed by atoms with van der Waals surface area (Å²) in [6.45, 7) is 1.87. The van der Waals surface area contributed by atoms with Crippen LogP contribution < -0.4 is 5.43 Å². The van der Waals surface area contributed by atoms with Crippen molar-refractivity contribution in [3.05, 3.63) is 29.0 Å². The second-order valence-electron chi connectivity index (χ2n) is 2.66. The van der Waals surface area contributed by atoms with Crippen molar-refractivity contribution in [3.63, 3.8) is 0 Å². The van der Waals surface area contributed by atoms with Crippen molar-refractivity contribution in [2.45, 2.75) is 13.3 Å². The molecule has 1 aromatic rings. The molecule has 92 valence electrons. The highest BCUT2D eigenvalue weighted by molar-refractivity contribution is 6.65. The normalized spacial score (nSPS) is 10.0. The summed E-state index contributed by atoms with van der Waals surface area (Å²) in [4.78, 5) is 16.2. The van der Waals surface area contributed by atoms with Gasteiger partial charge in [-0.3, -0.25) is 5.43 Å². The summed E-state index contributed by atoms with van der Waals surface area (Å²) in [5.74, 6) is -0.383. The lowest BCUT2D eigenvalue weighted by Crippen LogP contribution is -1.94. The first-order valence-corrected chi connectivity index (χ1v) is 5.23. The Morgan fingerprint density at radius 2 is 2.12 bits per heavy atom. The third-order valence-electron chi connectivity index (χ3n) is 1.52. The minimum Gasteiger partial charge on any atom is -0.276 e. The summed E-state index contributed by atoms with van der Waals surface area (Å²) in [5, 5.41) is 4.54. The molecule has 1 N–H and O–H groups in total. The molecule has 0 unspecified atom stereocenters. The Labute approximate surface area is 107 Å². The van der Waals surface area contributed by atoms with Crippen LogP contribution in [-0.2, 0) is 9.59 Å². The molecule has 0 spiro atoms. The van der Waals surface area contributed by atoms with Gasteiger partial charge < -0.3 is 0 Å². The van der Waals surface area contributed by atoms with Crippen molar-refractivity contribution < 1.29 is 14.0 Å². The Balaban J connectivity index is 0.000000770. The molecule has 0 saturated carbocycles. The molecule has 4 nitrogen and oxygen atoms in total. The van der Waals surface area contributed by atoms with Gasteiger partial charge >= 0.3 is 6.15 Å².